The molecule has 35 heavy (non-hydrogen) atoms. The summed E-state index contributed by atoms with van der Waals surface area (Å²) in [6, 6.07) is 6.67. The van der Waals surface area contributed by atoms with E-state index in [1.807, 2.05) is 12.2 Å². The molecule has 1 aromatic heterocycles. The third kappa shape index (κ3) is 7.12. The molecule has 1 aromatic carbocycles. The second-order valence-electron chi connectivity index (χ2n) is 9.92. The molecule has 0 aliphatic heterocycles. The summed E-state index contributed by atoms with van der Waals surface area (Å²) < 4.78 is 0. The molecule has 5 N–H and O–H groups in total. The first-order chi connectivity index (χ1) is 16.8. The van der Waals surface area contributed by atoms with E-state index in [-0.39, 0.29) is 6.04 Å². The predicted octanol–water partition coefficient (Wildman–Crippen LogP) is 5.92. The molecule has 0 saturated heterocycles. The molecule has 1 aliphatic carbocycles. The first-order valence-corrected chi connectivity index (χ1v) is 13.2. The van der Waals surface area contributed by atoms with Crippen LogP contribution in [0.5, 0.6) is 0 Å². The summed E-state index contributed by atoms with van der Waals surface area (Å²) in [7, 11) is 2.19. The molecule has 0 bridgehead atoms. The third-order valence-corrected chi connectivity index (χ3v) is 7.26. The van der Waals surface area contributed by atoms with Crippen LogP contribution in [0.3, 0.4) is 0 Å². The Morgan fingerprint density at radius 1 is 1.23 bits per heavy atom. The fourth-order valence-electron chi connectivity index (χ4n) is 4.58. The number of anilines is 1. The second kappa shape index (κ2) is 12.8. The average molecular weight is 476 g/mol. The van der Waals surface area contributed by atoms with E-state index in [2.05, 4.69) is 98.4 Å². The maximum absolute atomic E-state index is 6.42. The number of H-pyrrole nitrogens is 1. The van der Waals surface area contributed by atoms with Gasteiger partial charge in [-0.05, 0) is 98.9 Å². The van der Waals surface area contributed by atoms with Crippen molar-refractivity contribution in [2.75, 3.05) is 38.5 Å². The van der Waals surface area contributed by atoms with Crippen molar-refractivity contribution in [1.29, 1.82) is 0 Å². The molecular weight excluding hydrogens is 430 g/mol. The number of hydrogen-bond donors (Lipinski definition) is 4. The smallest absolute Gasteiger partial charge is 0.0641 e. The number of nitrogens with two attached hydrogens (primary N) is 1. The summed E-state index contributed by atoms with van der Waals surface area (Å²) in [6.45, 7) is 17.5. The highest BCUT2D eigenvalue weighted by atomic mass is 15.1. The van der Waals surface area contributed by atoms with Crippen molar-refractivity contribution in [1.82, 2.24) is 15.2 Å². The Morgan fingerprint density at radius 3 is 2.77 bits per heavy atom. The Balaban J connectivity index is 1.73. The number of aromatic nitrogens is 1. The fraction of sp³-hybridized carbons (Fsp3) is 0.467. The summed E-state index contributed by atoms with van der Waals surface area (Å²) in [5.74, 6) is 0.875. The standard InChI is InChI=1S/C30H45N5/c1-7-32-16-14-21(3)23(5)27-18-24(10-9-11-29(27)31)34-25-12-13-26-28(20-33-30(26)19-25)22(4)15-17-35(6)8-2/h9-13,18-22,24,32-34H,5,7-8,14-17,31H2,1-4,6H3. The monoisotopic (exact) mass is 475 g/mol. The van der Waals surface area contributed by atoms with E-state index in [9.17, 15) is 0 Å². The van der Waals surface area contributed by atoms with Gasteiger partial charge in [-0.2, -0.15) is 0 Å². The van der Waals surface area contributed by atoms with Gasteiger partial charge in [0.05, 0.1) is 6.04 Å². The van der Waals surface area contributed by atoms with Crippen molar-refractivity contribution in [3.05, 3.63) is 77.7 Å². The van der Waals surface area contributed by atoms with Gasteiger partial charge in [0.2, 0.25) is 0 Å². The molecule has 1 heterocycles. The van der Waals surface area contributed by atoms with Gasteiger partial charge in [-0.25, -0.2) is 0 Å². The lowest BCUT2D eigenvalue weighted by Gasteiger charge is -2.20. The van der Waals surface area contributed by atoms with Crippen LogP contribution in [0.4, 0.5) is 5.69 Å². The van der Waals surface area contributed by atoms with E-state index in [0.717, 1.165) is 61.6 Å². The number of aromatic amines is 1. The van der Waals surface area contributed by atoms with Gasteiger partial charge in [-0.1, -0.05) is 52.5 Å². The maximum atomic E-state index is 6.42. The summed E-state index contributed by atoms with van der Waals surface area (Å²) in [4.78, 5) is 5.87. The second-order valence-corrected chi connectivity index (χ2v) is 9.92. The molecule has 0 amide bonds. The summed E-state index contributed by atoms with van der Waals surface area (Å²) in [5, 5.41) is 8.38. The largest absolute Gasteiger partial charge is 0.398 e. The van der Waals surface area contributed by atoms with Crippen LogP contribution >= 0.6 is 0 Å². The number of hydrogen-bond acceptors (Lipinski definition) is 4. The molecule has 5 nitrogen and oxygen atoms in total. The molecule has 5 heteroatoms. The van der Waals surface area contributed by atoms with Crippen molar-refractivity contribution >= 4 is 16.6 Å². The van der Waals surface area contributed by atoms with Gasteiger partial charge in [0.15, 0.2) is 0 Å². The molecule has 0 fully saturated rings. The lowest BCUT2D eigenvalue weighted by atomic mass is 9.90. The van der Waals surface area contributed by atoms with Crippen molar-refractivity contribution in [2.24, 2.45) is 11.7 Å². The molecule has 3 atom stereocenters. The Bertz CT molecular complexity index is 1070. The lowest BCUT2D eigenvalue weighted by molar-refractivity contribution is 0.337. The van der Waals surface area contributed by atoms with Crippen molar-refractivity contribution < 1.29 is 0 Å². The fourth-order valence-corrected chi connectivity index (χ4v) is 4.58. The predicted molar refractivity (Wildman–Crippen MR) is 153 cm³/mol. The van der Waals surface area contributed by atoms with Crippen molar-refractivity contribution in [3.63, 3.8) is 0 Å². The van der Waals surface area contributed by atoms with E-state index < -0.39 is 0 Å². The van der Waals surface area contributed by atoms with Crippen LogP contribution < -0.4 is 16.4 Å². The van der Waals surface area contributed by atoms with E-state index in [0.29, 0.717) is 11.8 Å². The highest BCUT2D eigenvalue weighted by molar-refractivity contribution is 5.86. The minimum absolute atomic E-state index is 0.0374. The number of fused-ring (bicyclic) bond motifs is 1. The van der Waals surface area contributed by atoms with E-state index >= 15 is 0 Å². The molecular formula is C30H45N5. The van der Waals surface area contributed by atoms with Crippen LogP contribution in [0.2, 0.25) is 0 Å². The number of rotatable bonds is 13. The molecule has 190 valence electrons. The number of allylic oxidation sites excluding steroid dienone is 3. The quantitative estimate of drug-likeness (QED) is 0.271. The Hall–Kier alpha value is -2.76. The van der Waals surface area contributed by atoms with Crippen molar-refractivity contribution in [2.45, 2.75) is 52.5 Å². The van der Waals surface area contributed by atoms with Gasteiger partial charge in [-0.15, -0.1) is 0 Å². The van der Waals surface area contributed by atoms with E-state index in [4.69, 9.17) is 5.73 Å². The van der Waals surface area contributed by atoms with Crippen LogP contribution in [-0.4, -0.2) is 49.2 Å². The molecule has 3 unspecified atom stereocenters. The zero-order valence-electron chi connectivity index (χ0n) is 22.3. The third-order valence-electron chi connectivity index (χ3n) is 7.26. The number of nitrogens with one attached hydrogen (secondary N) is 3. The van der Waals surface area contributed by atoms with Crippen molar-refractivity contribution in [3.8, 4) is 0 Å². The number of nitrogens with zero attached hydrogens (tertiary/aromatic N) is 1. The maximum Gasteiger partial charge on any atom is 0.0641 e. The molecule has 0 spiro atoms. The Kier molecular flexibility index (Phi) is 9.82. The summed E-state index contributed by atoms with van der Waals surface area (Å²) in [6.07, 6.45) is 12.7. The van der Waals surface area contributed by atoms with Gasteiger partial charge >= 0.3 is 0 Å². The van der Waals surface area contributed by atoms with Gasteiger partial charge in [0.1, 0.15) is 0 Å². The normalized spacial score (nSPS) is 17.7. The van der Waals surface area contributed by atoms with E-state index in [1.165, 1.54) is 16.5 Å². The average Bonchev–Trinajstić information content (AvgIpc) is 3.19. The van der Waals surface area contributed by atoms with Crippen LogP contribution in [-0.2, 0) is 0 Å². The van der Waals surface area contributed by atoms with Crippen LogP contribution in [0.1, 0.15) is 52.0 Å². The minimum Gasteiger partial charge on any atom is -0.398 e. The van der Waals surface area contributed by atoms with Gasteiger partial charge < -0.3 is 26.3 Å². The number of benzene rings is 1. The SMILES string of the molecule is C=C(C1=CC(Nc2ccc3c(C(C)CCN(C)CC)c[nH]c3c2)C=CC=C1N)C(C)CCNCC. The molecule has 1 aliphatic rings. The van der Waals surface area contributed by atoms with Gasteiger partial charge in [-0.3, -0.25) is 0 Å². The van der Waals surface area contributed by atoms with Crippen LogP contribution in [0.15, 0.2) is 72.1 Å². The zero-order chi connectivity index (χ0) is 25.4. The highest BCUT2D eigenvalue weighted by Crippen LogP contribution is 2.31. The van der Waals surface area contributed by atoms with Crippen LogP contribution in [0.25, 0.3) is 10.9 Å². The van der Waals surface area contributed by atoms with Gasteiger partial charge in [0.25, 0.3) is 0 Å². The molecule has 0 radical (unpaired) electrons. The van der Waals surface area contributed by atoms with Gasteiger partial charge in [0, 0.05) is 28.5 Å². The summed E-state index contributed by atoms with van der Waals surface area (Å²) in [5.41, 5.74) is 13.0. The first kappa shape index (κ1) is 26.8. The Morgan fingerprint density at radius 2 is 2.03 bits per heavy atom. The molecule has 2 aromatic rings. The summed E-state index contributed by atoms with van der Waals surface area (Å²) >= 11 is 0. The molecule has 3 rings (SSSR count). The minimum atomic E-state index is 0.0374. The lowest BCUT2D eigenvalue weighted by Crippen LogP contribution is -2.20. The highest BCUT2D eigenvalue weighted by Gasteiger charge is 2.17. The van der Waals surface area contributed by atoms with Crippen LogP contribution in [0, 0.1) is 5.92 Å². The zero-order valence-corrected chi connectivity index (χ0v) is 22.3. The topological polar surface area (TPSA) is 69.1 Å². The first-order valence-electron chi connectivity index (χ1n) is 13.2. The van der Waals surface area contributed by atoms with E-state index in [1.54, 1.807) is 0 Å². The molecule has 0 saturated carbocycles. The Labute approximate surface area is 212 Å².